The van der Waals surface area contributed by atoms with Gasteiger partial charge in [0.05, 0.1) is 11.1 Å². The Labute approximate surface area is 471 Å². The van der Waals surface area contributed by atoms with Crippen molar-refractivity contribution in [2.24, 2.45) is 52.9 Å². The van der Waals surface area contributed by atoms with Crippen molar-refractivity contribution in [3.8, 4) is 0 Å². The van der Waals surface area contributed by atoms with E-state index in [1.807, 2.05) is 12.1 Å². The average Bonchev–Trinajstić information content (AvgIpc) is 4.31. The molecule has 4 aliphatic carbocycles. The maximum Gasteiger partial charge on any atom is 0.261 e. The van der Waals surface area contributed by atoms with Crippen molar-refractivity contribution in [1.82, 2.24) is 4.90 Å². The van der Waals surface area contributed by atoms with Crippen LogP contribution in [0, 0.1) is 35.5 Å². The summed E-state index contributed by atoms with van der Waals surface area (Å²) in [6, 6.07) is 52.0. The Kier molecular flexibility index (Phi) is 29.8. The monoisotopic (exact) mass is 1120 g/mol. The Hall–Kier alpha value is -2.98. The van der Waals surface area contributed by atoms with Crippen LogP contribution in [-0.2, 0) is 34.1 Å². The Bertz CT molecular complexity index is 2060. The Morgan fingerprint density at radius 2 is 0.757 bits per heavy atom. The molecule has 4 fully saturated rings. The van der Waals surface area contributed by atoms with Gasteiger partial charge in [-0.05, 0) is 154 Å². The molecule has 2 amide bonds. The molecule has 5 aliphatic rings. The van der Waals surface area contributed by atoms with E-state index in [1.165, 1.54) is 108 Å². The first-order valence-electron chi connectivity index (χ1n) is 28.0. The molecule has 0 aromatic heterocycles. The molecular weight excluding hydrogens is 1030 g/mol. The summed E-state index contributed by atoms with van der Waals surface area (Å²) in [7, 11) is -0.448. The van der Waals surface area contributed by atoms with E-state index in [0.29, 0.717) is 17.7 Å². The number of benzene rings is 5. The molecule has 5 aromatic rings. The van der Waals surface area contributed by atoms with Crippen molar-refractivity contribution >= 4 is 48.9 Å². The zero-order valence-electron chi connectivity index (χ0n) is 45.2. The van der Waals surface area contributed by atoms with Crippen LogP contribution >= 0.6 is 15.8 Å². The number of imide groups is 1. The average molecular weight is 1120 g/mol. The van der Waals surface area contributed by atoms with Crippen LogP contribution < -0.4 is 38.6 Å². The van der Waals surface area contributed by atoms with E-state index in [1.54, 1.807) is 33.4 Å². The first-order chi connectivity index (χ1) is 35.2. The molecule has 10 heteroatoms. The van der Waals surface area contributed by atoms with Gasteiger partial charge in [-0.1, -0.05) is 225 Å². The summed E-state index contributed by atoms with van der Waals surface area (Å²) in [6.07, 6.45) is 24.4. The molecule has 4 saturated carbocycles. The molecule has 1 aliphatic heterocycles. The number of fused-ring (bicyclic) bond motifs is 1. The maximum absolute atomic E-state index is 12.1. The summed E-state index contributed by atoms with van der Waals surface area (Å²) in [4.78, 5) is 25.7. The van der Waals surface area contributed by atoms with Gasteiger partial charge >= 0.3 is 0 Å². The molecule has 4 atom stereocenters. The van der Waals surface area contributed by atoms with Gasteiger partial charge in [-0.2, -0.15) is 0 Å². The Morgan fingerprint density at radius 1 is 0.446 bits per heavy atom. The van der Waals surface area contributed by atoms with Gasteiger partial charge in [0, 0.05) is 40.7 Å². The molecule has 0 bridgehead atoms. The van der Waals surface area contributed by atoms with E-state index in [4.69, 9.17) is 5.73 Å². The number of hydrogen-bond donors (Lipinski definition) is 3. The van der Waals surface area contributed by atoms with Crippen molar-refractivity contribution in [1.29, 1.82) is 0 Å². The number of amides is 2. The molecule has 4 unspecified atom stereocenters. The molecule has 1 heterocycles. The SMILES string of the molecule is CC(C)C1CCCC1P(c1ccccc1)c1ccccc1.CC(C)C1CCCC1P(c1ccccc1)c1ccccc1.NCCCC1CCCC1.NN.O=C1c2ccccc2C(=O)N1CCCC1CCCC1.[Fe].[Fe]. The van der Waals surface area contributed by atoms with Crippen molar-refractivity contribution < 1.29 is 43.7 Å². The topological polar surface area (TPSA) is 115 Å². The van der Waals surface area contributed by atoms with Gasteiger partial charge in [-0.3, -0.25) is 26.2 Å². The second kappa shape index (κ2) is 34.7. The molecule has 0 saturated heterocycles. The van der Waals surface area contributed by atoms with E-state index in [-0.39, 0.29) is 61.8 Å². The minimum absolute atomic E-state index is 0. The van der Waals surface area contributed by atoms with Gasteiger partial charge in [-0.15, -0.1) is 0 Å². The van der Waals surface area contributed by atoms with Crippen molar-refractivity contribution in [3.05, 3.63) is 157 Å². The van der Waals surface area contributed by atoms with Crippen molar-refractivity contribution in [2.45, 2.75) is 155 Å². The van der Waals surface area contributed by atoms with Crippen molar-refractivity contribution in [2.75, 3.05) is 13.1 Å². The first kappa shape index (κ1) is 63.6. The third-order valence-corrected chi connectivity index (χ3v) is 22.2. The van der Waals surface area contributed by atoms with Gasteiger partial charge in [0.25, 0.3) is 11.8 Å². The van der Waals surface area contributed by atoms with E-state index in [9.17, 15) is 9.59 Å². The number of hydrazine groups is 1. The van der Waals surface area contributed by atoms with Crippen molar-refractivity contribution in [3.63, 3.8) is 0 Å². The van der Waals surface area contributed by atoms with E-state index < -0.39 is 0 Å². The predicted molar refractivity (Wildman–Crippen MR) is 312 cm³/mol. The maximum atomic E-state index is 12.1. The fourth-order valence-electron chi connectivity index (χ4n) is 12.5. The van der Waals surface area contributed by atoms with Crippen LogP contribution in [0.1, 0.15) is 164 Å². The third kappa shape index (κ3) is 18.3. The first-order valence-corrected chi connectivity index (χ1v) is 30.8. The van der Waals surface area contributed by atoms with E-state index >= 15 is 0 Å². The minimum atomic E-state index is -0.224. The zero-order chi connectivity index (χ0) is 51.1. The van der Waals surface area contributed by atoms with E-state index in [0.717, 1.165) is 66.2 Å². The second-order valence-electron chi connectivity index (χ2n) is 21.6. The van der Waals surface area contributed by atoms with Crippen LogP contribution in [0.15, 0.2) is 146 Å². The minimum Gasteiger partial charge on any atom is -0.330 e. The normalized spacial score (nSPS) is 20.1. The van der Waals surface area contributed by atoms with Gasteiger partial charge < -0.3 is 5.73 Å². The van der Waals surface area contributed by atoms with Gasteiger partial charge in [0.1, 0.15) is 0 Å². The van der Waals surface area contributed by atoms with Crippen LogP contribution in [0.25, 0.3) is 0 Å². The van der Waals surface area contributed by atoms with E-state index in [2.05, 4.69) is 161 Å². The molecular formula is C64H90Fe2N4O2P2. The summed E-state index contributed by atoms with van der Waals surface area (Å²) in [5.41, 5.74) is 8.24. The molecule has 0 radical (unpaired) electrons. The molecule has 6 nitrogen and oxygen atoms in total. The summed E-state index contributed by atoms with van der Waals surface area (Å²) >= 11 is 0. The number of carbonyl (C=O) groups excluding carboxylic acids is 2. The smallest absolute Gasteiger partial charge is 0.261 e. The Balaban J connectivity index is 0.000000216. The van der Waals surface area contributed by atoms with Gasteiger partial charge in [0.2, 0.25) is 0 Å². The van der Waals surface area contributed by atoms with Crippen LogP contribution in [0.5, 0.6) is 0 Å². The molecule has 5 aromatic carbocycles. The fraction of sp³-hybridized carbons (Fsp3) is 0.500. The number of carbonyl (C=O) groups is 2. The largest absolute Gasteiger partial charge is 0.330 e. The van der Waals surface area contributed by atoms with Gasteiger partial charge in [-0.25, -0.2) is 0 Å². The summed E-state index contributed by atoms with van der Waals surface area (Å²) in [5, 5.41) is 6.21. The quantitative estimate of drug-likeness (QED) is 0.0318. The summed E-state index contributed by atoms with van der Waals surface area (Å²) < 4.78 is 0. The van der Waals surface area contributed by atoms with Crippen LogP contribution in [0.2, 0.25) is 0 Å². The molecule has 6 N–H and O–H groups in total. The zero-order valence-corrected chi connectivity index (χ0v) is 49.2. The number of nitrogens with zero attached hydrogens (tertiary/aromatic N) is 1. The fourth-order valence-corrected chi connectivity index (χ4v) is 19.3. The summed E-state index contributed by atoms with van der Waals surface area (Å²) in [6.45, 7) is 11.1. The number of hydrogen-bond acceptors (Lipinski definition) is 5. The molecule has 74 heavy (non-hydrogen) atoms. The predicted octanol–water partition coefficient (Wildman–Crippen LogP) is 13.9. The second-order valence-corrected chi connectivity index (χ2v) is 26.4. The third-order valence-electron chi connectivity index (χ3n) is 16.2. The van der Waals surface area contributed by atoms with Crippen LogP contribution in [0.4, 0.5) is 0 Å². The van der Waals surface area contributed by atoms with Gasteiger partial charge in [0.15, 0.2) is 0 Å². The number of nitrogens with two attached hydrogens (primary N) is 3. The Morgan fingerprint density at radius 3 is 1.07 bits per heavy atom. The standard InChI is InChI=1S/2C20H25P.C16H19NO2.C8H17N.2Fe.H4N2/c2*1-16(2)19-14-9-15-20(19)21(17-10-5-3-6-11-17)18-12-7-4-8-13-18;18-15-13-9-3-4-10-14(13)16(19)17(15)11-5-8-12-6-1-2-7-12;9-7-3-6-8-4-1-2-5-8;;;1-2/h2*3-8,10-13,16,19-20H,9,14-15H2,1-2H3;3-4,9-10,12H,1-2,5-8,11H2;8H,1-7,9H2;;;1-2H2. The summed E-state index contributed by atoms with van der Waals surface area (Å²) in [5.74, 6) is 13.0. The number of rotatable bonds is 15. The van der Waals surface area contributed by atoms with Crippen LogP contribution in [0.3, 0.4) is 0 Å². The molecule has 0 spiro atoms. The van der Waals surface area contributed by atoms with Crippen LogP contribution in [-0.4, -0.2) is 41.1 Å². The molecule has 404 valence electrons. The molecule has 10 rings (SSSR count).